The lowest BCUT2D eigenvalue weighted by molar-refractivity contribution is -0.0437. The van der Waals surface area contributed by atoms with Crippen molar-refractivity contribution in [3.63, 3.8) is 0 Å². The van der Waals surface area contributed by atoms with Crippen molar-refractivity contribution in [1.29, 1.82) is 0 Å². The zero-order valence-electron chi connectivity index (χ0n) is 10.0. The normalized spacial score (nSPS) is 14.4. The van der Waals surface area contributed by atoms with E-state index in [4.69, 9.17) is 5.11 Å². The van der Waals surface area contributed by atoms with Crippen molar-refractivity contribution >= 4 is 21.6 Å². The van der Waals surface area contributed by atoms with Gasteiger partial charge in [0, 0.05) is 16.8 Å². The number of hydrogen-bond donors (Lipinski definition) is 1. The van der Waals surface area contributed by atoms with Gasteiger partial charge in [0.15, 0.2) is 0 Å². The molecule has 0 saturated heterocycles. The molecule has 0 aliphatic carbocycles. The number of hydrogen-bond acceptors (Lipinski definition) is 4. The predicted octanol–water partition coefficient (Wildman–Crippen LogP) is 2.84. The second-order valence-corrected chi connectivity index (χ2v) is 7.23. The van der Waals surface area contributed by atoms with Crippen LogP contribution >= 0.6 is 11.8 Å². The molecule has 0 aliphatic heterocycles. The summed E-state index contributed by atoms with van der Waals surface area (Å²) >= 11 is 0.999. The van der Waals surface area contributed by atoms with Crippen LogP contribution in [0.15, 0.2) is 34.1 Å². The predicted molar refractivity (Wildman–Crippen MR) is 66.7 cm³/mol. The molecule has 1 atom stereocenters. The Hall–Kier alpha value is -0.730. The van der Waals surface area contributed by atoms with Crippen LogP contribution in [0.4, 0.5) is 13.2 Å². The van der Waals surface area contributed by atoms with Gasteiger partial charge < -0.3 is 5.11 Å². The highest BCUT2D eigenvalue weighted by Gasteiger charge is 2.47. The second-order valence-electron chi connectivity index (χ2n) is 3.84. The van der Waals surface area contributed by atoms with Crippen LogP contribution in [0, 0.1) is 0 Å². The third kappa shape index (κ3) is 3.87. The van der Waals surface area contributed by atoms with Crippen molar-refractivity contribution in [2.75, 3.05) is 6.61 Å². The molecule has 1 unspecified atom stereocenters. The number of aliphatic hydroxyl groups excluding tert-OH is 1. The minimum absolute atomic E-state index is 0.0424. The van der Waals surface area contributed by atoms with Crippen LogP contribution < -0.4 is 0 Å². The highest BCUT2D eigenvalue weighted by molar-refractivity contribution is 8.01. The number of benzene rings is 1. The Labute approximate surface area is 113 Å². The van der Waals surface area contributed by atoms with Crippen molar-refractivity contribution in [2.24, 2.45) is 0 Å². The van der Waals surface area contributed by atoms with Gasteiger partial charge in [-0.1, -0.05) is 19.1 Å². The molecule has 1 N–H and O–H groups in total. The molecule has 0 aliphatic rings. The third-order valence-corrected chi connectivity index (χ3v) is 5.23. The lowest BCUT2D eigenvalue weighted by Gasteiger charge is -2.15. The summed E-state index contributed by atoms with van der Waals surface area (Å²) < 4.78 is 60.5. The molecule has 1 aromatic carbocycles. The Morgan fingerprint density at radius 2 is 1.89 bits per heavy atom. The summed E-state index contributed by atoms with van der Waals surface area (Å²) in [7, 11) is -5.35. The zero-order chi connectivity index (χ0) is 14.7. The summed E-state index contributed by atoms with van der Waals surface area (Å²) in [4.78, 5) is -0.696. The third-order valence-electron chi connectivity index (χ3n) is 2.31. The number of thioether (sulfide) groups is 1. The first kappa shape index (κ1) is 16.3. The maximum atomic E-state index is 12.5. The lowest BCUT2D eigenvalue weighted by atomic mass is 10.3. The Kier molecular flexibility index (Phi) is 5.28. The topological polar surface area (TPSA) is 54.4 Å². The van der Waals surface area contributed by atoms with Gasteiger partial charge in [-0.3, -0.25) is 0 Å². The van der Waals surface area contributed by atoms with Gasteiger partial charge in [0.25, 0.3) is 9.84 Å². The van der Waals surface area contributed by atoms with Gasteiger partial charge in [-0.2, -0.15) is 13.2 Å². The van der Waals surface area contributed by atoms with Gasteiger partial charge >= 0.3 is 5.51 Å². The van der Waals surface area contributed by atoms with Crippen molar-refractivity contribution in [2.45, 2.75) is 33.9 Å². The van der Waals surface area contributed by atoms with E-state index in [0.717, 1.165) is 17.8 Å². The molecule has 0 heterocycles. The van der Waals surface area contributed by atoms with Gasteiger partial charge in [0.05, 0.1) is 4.90 Å². The molecule has 19 heavy (non-hydrogen) atoms. The summed E-state index contributed by atoms with van der Waals surface area (Å²) in [5.74, 6) is 0. The molecule has 0 bridgehead atoms. The fourth-order valence-electron chi connectivity index (χ4n) is 1.35. The number of halogens is 3. The van der Waals surface area contributed by atoms with Gasteiger partial charge in [-0.25, -0.2) is 8.42 Å². The number of aliphatic hydroxyl groups is 1. The molecule has 108 valence electrons. The average molecular weight is 314 g/mol. The van der Waals surface area contributed by atoms with E-state index in [1.807, 2.05) is 0 Å². The maximum absolute atomic E-state index is 12.5. The van der Waals surface area contributed by atoms with Gasteiger partial charge in [0.1, 0.15) is 0 Å². The molecular weight excluding hydrogens is 301 g/mol. The second kappa shape index (κ2) is 6.15. The van der Waals surface area contributed by atoms with E-state index in [2.05, 4.69) is 0 Å². The first-order valence-electron chi connectivity index (χ1n) is 5.38. The Morgan fingerprint density at radius 1 is 1.32 bits per heavy atom. The molecule has 8 heteroatoms. The van der Waals surface area contributed by atoms with Gasteiger partial charge in [-0.05, 0) is 18.6 Å². The smallest absolute Gasteiger partial charge is 0.396 e. The molecule has 1 rings (SSSR count). The van der Waals surface area contributed by atoms with E-state index < -0.39 is 20.2 Å². The van der Waals surface area contributed by atoms with E-state index in [0.29, 0.717) is 6.42 Å². The molecule has 0 fully saturated rings. The van der Waals surface area contributed by atoms with E-state index in [1.54, 1.807) is 6.92 Å². The molecule has 0 saturated carbocycles. The summed E-state index contributed by atoms with van der Waals surface area (Å²) in [6, 6.07) is 5.00. The summed E-state index contributed by atoms with van der Waals surface area (Å²) in [6.07, 6.45) is 0.366. The molecule has 3 nitrogen and oxygen atoms in total. The largest absolute Gasteiger partial charge is 0.501 e. The average Bonchev–Trinajstić information content (AvgIpc) is 2.28. The van der Waals surface area contributed by atoms with Crippen LogP contribution in [0.3, 0.4) is 0 Å². The quantitative estimate of drug-likeness (QED) is 0.849. The van der Waals surface area contributed by atoms with Crippen LogP contribution in [0.1, 0.15) is 13.3 Å². The zero-order valence-corrected chi connectivity index (χ0v) is 11.6. The van der Waals surface area contributed by atoms with E-state index in [1.165, 1.54) is 18.2 Å². The van der Waals surface area contributed by atoms with Crippen molar-refractivity contribution < 1.29 is 26.7 Å². The van der Waals surface area contributed by atoms with Crippen LogP contribution in [0.25, 0.3) is 0 Å². The fraction of sp³-hybridized carbons (Fsp3) is 0.455. The molecule has 0 aromatic heterocycles. The van der Waals surface area contributed by atoms with Crippen molar-refractivity contribution in [1.82, 2.24) is 0 Å². The molecule has 0 amide bonds. The first-order valence-corrected chi connectivity index (χ1v) is 7.74. The lowest BCUT2D eigenvalue weighted by Crippen LogP contribution is -2.24. The minimum Gasteiger partial charge on any atom is -0.396 e. The summed E-state index contributed by atoms with van der Waals surface area (Å²) in [6.45, 7) is 1.60. The van der Waals surface area contributed by atoms with E-state index in [9.17, 15) is 21.6 Å². The van der Waals surface area contributed by atoms with Crippen LogP contribution in [0.5, 0.6) is 0 Å². The van der Waals surface area contributed by atoms with E-state index >= 15 is 0 Å². The number of rotatable bonds is 5. The van der Waals surface area contributed by atoms with Crippen LogP contribution in [0.2, 0.25) is 0 Å². The molecule has 0 radical (unpaired) electrons. The highest BCUT2D eigenvalue weighted by atomic mass is 32.2. The van der Waals surface area contributed by atoms with E-state index in [-0.39, 0.29) is 16.8 Å². The molecule has 1 aromatic rings. The monoisotopic (exact) mass is 314 g/mol. The molecule has 0 spiro atoms. The van der Waals surface area contributed by atoms with Crippen LogP contribution in [-0.4, -0.2) is 30.9 Å². The standard InChI is InChI=1S/C11H13F3O3S2/c1-8(6-7-15)18-9-4-2-3-5-10(9)19(16,17)11(12,13)14/h2-5,8,15H,6-7H2,1H3. The van der Waals surface area contributed by atoms with Crippen LogP contribution in [-0.2, 0) is 9.84 Å². The Morgan fingerprint density at radius 3 is 2.42 bits per heavy atom. The fourth-order valence-corrected chi connectivity index (χ4v) is 3.66. The van der Waals surface area contributed by atoms with Gasteiger partial charge in [0.2, 0.25) is 0 Å². The SMILES string of the molecule is CC(CCO)Sc1ccccc1S(=O)(=O)C(F)(F)F. The Bertz CT molecular complexity index is 526. The number of sulfone groups is 1. The highest BCUT2D eigenvalue weighted by Crippen LogP contribution is 2.37. The van der Waals surface area contributed by atoms with Crippen molar-refractivity contribution in [3.8, 4) is 0 Å². The minimum atomic E-state index is -5.35. The van der Waals surface area contributed by atoms with Gasteiger partial charge in [-0.15, -0.1) is 11.8 Å². The summed E-state index contributed by atoms with van der Waals surface area (Å²) in [5, 5.41) is 8.58. The number of alkyl halides is 3. The molecular formula is C11H13F3O3S2. The van der Waals surface area contributed by atoms with Crippen molar-refractivity contribution in [3.05, 3.63) is 24.3 Å². The summed E-state index contributed by atoms with van der Waals surface area (Å²) in [5.41, 5.74) is -5.32. The first-order chi connectivity index (χ1) is 8.70. The Balaban J connectivity index is 3.17. The maximum Gasteiger partial charge on any atom is 0.501 e.